The molecule has 3 N–H and O–H groups in total. The van der Waals surface area contributed by atoms with Crippen molar-refractivity contribution < 1.29 is 14.3 Å². The maximum Gasteiger partial charge on any atom is 0.231 e. The number of carbonyl (C=O) groups is 1. The van der Waals surface area contributed by atoms with E-state index in [1.165, 1.54) is 32.1 Å². The van der Waals surface area contributed by atoms with Crippen molar-refractivity contribution in [1.29, 1.82) is 0 Å². The highest BCUT2D eigenvalue weighted by atomic mass is 16.7. The molecule has 1 unspecified atom stereocenters. The van der Waals surface area contributed by atoms with Crippen LogP contribution in [0.4, 0.5) is 11.4 Å². The lowest BCUT2D eigenvalue weighted by Crippen LogP contribution is -2.24. The lowest BCUT2D eigenvalue weighted by molar-refractivity contribution is -0.120. The van der Waals surface area contributed by atoms with E-state index in [2.05, 4.69) is 5.32 Å². The summed E-state index contributed by atoms with van der Waals surface area (Å²) in [6, 6.07) is 3.44. The van der Waals surface area contributed by atoms with E-state index in [1.807, 2.05) is 6.92 Å². The smallest absolute Gasteiger partial charge is 0.231 e. The average molecular weight is 304 g/mol. The van der Waals surface area contributed by atoms with Gasteiger partial charge in [0.25, 0.3) is 0 Å². The number of nitrogen functional groups attached to an aromatic ring is 1. The molecule has 120 valence electrons. The standard InChI is InChI=1S/C17H24N2O3/c1-11(7-12-5-3-2-4-6-12)17(20)19-14-9-16-15(8-13(14)18)21-10-22-16/h8-9,11-12H,2-7,10,18H2,1H3,(H,19,20). The van der Waals surface area contributed by atoms with Gasteiger partial charge in [0.05, 0.1) is 11.4 Å². The number of hydrogen-bond acceptors (Lipinski definition) is 4. The van der Waals surface area contributed by atoms with Gasteiger partial charge in [-0.2, -0.15) is 0 Å². The third-order valence-corrected chi connectivity index (χ3v) is 4.66. The Morgan fingerprint density at radius 2 is 1.95 bits per heavy atom. The zero-order valence-electron chi connectivity index (χ0n) is 13.1. The molecule has 0 saturated heterocycles. The van der Waals surface area contributed by atoms with Gasteiger partial charge in [-0.3, -0.25) is 4.79 Å². The van der Waals surface area contributed by atoms with Gasteiger partial charge < -0.3 is 20.5 Å². The molecule has 0 aromatic heterocycles. The van der Waals surface area contributed by atoms with E-state index in [0.717, 1.165) is 6.42 Å². The van der Waals surface area contributed by atoms with Crippen molar-refractivity contribution in [2.24, 2.45) is 11.8 Å². The molecule has 1 heterocycles. The molecule has 2 aliphatic rings. The van der Waals surface area contributed by atoms with Crippen LogP contribution < -0.4 is 20.5 Å². The minimum absolute atomic E-state index is 0.00655. The molecule has 3 rings (SSSR count). The van der Waals surface area contributed by atoms with Crippen LogP contribution in [0.5, 0.6) is 11.5 Å². The van der Waals surface area contributed by atoms with E-state index in [-0.39, 0.29) is 18.6 Å². The van der Waals surface area contributed by atoms with Gasteiger partial charge in [-0.05, 0) is 12.3 Å². The van der Waals surface area contributed by atoms with Crippen LogP contribution >= 0.6 is 0 Å². The van der Waals surface area contributed by atoms with E-state index in [9.17, 15) is 4.79 Å². The van der Waals surface area contributed by atoms with Crippen LogP contribution in [0.1, 0.15) is 45.4 Å². The maximum atomic E-state index is 12.4. The van der Waals surface area contributed by atoms with Crippen LogP contribution in [0.3, 0.4) is 0 Å². The monoisotopic (exact) mass is 304 g/mol. The van der Waals surface area contributed by atoms with E-state index < -0.39 is 0 Å². The number of anilines is 2. The second-order valence-corrected chi connectivity index (χ2v) is 6.42. The van der Waals surface area contributed by atoms with Crippen molar-refractivity contribution >= 4 is 17.3 Å². The molecule has 1 aromatic carbocycles. The average Bonchev–Trinajstić information content (AvgIpc) is 2.95. The van der Waals surface area contributed by atoms with Gasteiger partial charge in [0.1, 0.15) is 0 Å². The molecule has 1 fully saturated rings. The molecule has 1 amide bonds. The Kier molecular flexibility index (Phi) is 4.41. The summed E-state index contributed by atoms with van der Waals surface area (Å²) in [4.78, 5) is 12.4. The number of ether oxygens (including phenoxy) is 2. The fourth-order valence-corrected chi connectivity index (χ4v) is 3.35. The number of benzene rings is 1. The zero-order chi connectivity index (χ0) is 15.5. The fourth-order valence-electron chi connectivity index (χ4n) is 3.35. The Balaban J connectivity index is 1.61. The van der Waals surface area contributed by atoms with Crippen molar-refractivity contribution in [1.82, 2.24) is 0 Å². The van der Waals surface area contributed by atoms with E-state index in [4.69, 9.17) is 15.2 Å². The number of amides is 1. The van der Waals surface area contributed by atoms with Crippen LogP contribution in [0.25, 0.3) is 0 Å². The fraction of sp³-hybridized carbons (Fsp3) is 0.588. The third kappa shape index (κ3) is 3.29. The number of nitrogens with two attached hydrogens (primary N) is 1. The van der Waals surface area contributed by atoms with Gasteiger partial charge in [-0.25, -0.2) is 0 Å². The highest BCUT2D eigenvalue weighted by Crippen LogP contribution is 2.38. The molecular weight excluding hydrogens is 280 g/mol. The van der Waals surface area contributed by atoms with Crippen LogP contribution in [0.15, 0.2) is 12.1 Å². The number of hydrogen-bond donors (Lipinski definition) is 2. The van der Waals surface area contributed by atoms with Crippen molar-refractivity contribution in [2.75, 3.05) is 17.8 Å². The van der Waals surface area contributed by atoms with Gasteiger partial charge in [0, 0.05) is 18.1 Å². The Hall–Kier alpha value is -1.91. The second-order valence-electron chi connectivity index (χ2n) is 6.42. The van der Waals surface area contributed by atoms with Gasteiger partial charge >= 0.3 is 0 Å². The lowest BCUT2D eigenvalue weighted by atomic mass is 9.83. The van der Waals surface area contributed by atoms with Gasteiger partial charge in [-0.15, -0.1) is 0 Å². The van der Waals surface area contributed by atoms with Gasteiger partial charge in [0.2, 0.25) is 12.7 Å². The van der Waals surface area contributed by atoms with Crippen LogP contribution in [-0.4, -0.2) is 12.7 Å². The quantitative estimate of drug-likeness (QED) is 0.834. The SMILES string of the molecule is CC(CC1CCCCC1)C(=O)Nc1cc2c(cc1N)OCO2. The predicted molar refractivity (Wildman–Crippen MR) is 86.0 cm³/mol. The minimum Gasteiger partial charge on any atom is -0.454 e. The molecule has 1 aromatic rings. The third-order valence-electron chi connectivity index (χ3n) is 4.66. The van der Waals surface area contributed by atoms with E-state index in [0.29, 0.717) is 28.8 Å². The number of fused-ring (bicyclic) bond motifs is 1. The molecule has 0 radical (unpaired) electrons. The topological polar surface area (TPSA) is 73.6 Å². The summed E-state index contributed by atoms with van der Waals surface area (Å²) in [5.74, 6) is 1.96. The first-order valence-electron chi connectivity index (χ1n) is 8.13. The second kappa shape index (κ2) is 6.46. The first-order valence-corrected chi connectivity index (χ1v) is 8.13. The summed E-state index contributed by atoms with van der Waals surface area (Å²) in [6.07, 6.45) is 7.40. The molecule has 1 saturated carbocycles. The molecule has 1 aliphatic heterocycles. The largest absolute Gasteiger partial charge is 0.454 e. The summed E-state index contributed by atoms with van der Waals surface area (Å²) < 4.78 is 10.6. The Morgan fingerprint density at radius 1 is 1.27 bits per heavy atom. The molecule has 5 nitrogen and oxygen atoms in total. The number of carbonyl (C=O) groups excluding carboxylic acids is 1. The Bertz CT molecular complexity index is 553. The Labute approximate surface area is 131 Å². The molecule has 22 heavy (non-hydrogen) atoms. The van der Waals surface area contributed by atoms with Crippen LogP contribution in [0.2, 0.25) is 0 Å². The zero-order valence-corrected chi connectivity index (χ0v) is 13.1. The molecule has 5 heteroatoms. The molecule has 0 bridgehead atoms. The molecule has 1 aliphatic carbocycles. The highest BCUT2D eigenvalue weighted by molar-refractivity contribution is 5.95. The minimum atomic E-state index is -0.00655. The summed E-state index contributed by atoms with van der Waals surface area (Å²) in [6.45, 7) is 2.19. The van der Waals surface area contributed by atoms with Gasteiger partial charge in [0.15, 0.2) is 11.5 Å². The maximum absolute atomic E-state index is 12.4. The first kappa shape index (κ1) is 15.0. The summed E-state index contributed by atoms with van der Waals surface area (Å²) in [7, 11) is 0. The molecule has 1 atom stereocenters. The molecular formula is C17H24N2O3. The predicted octanol–water partition coefficient (Wildman–Crippen LogP) is 3.54. The van der Waals surface area contributed by atoms with E-state index >= 15 is 0 Å². The van der Waals surface area contributed by atoms with Crippen molar-refractivity contribution in [2.45, 2.75) is 45.4 Å². The lowest BCUT2D eigenvalue weighted by Gasteiger charge is -2.24. The number of rotatable bonds is 4. The van der Waals surface area contributed by atoms with Crippen LogP contribution in [0, 0.1) is 11.8 Å². The summed E-state index contributed by atoms with van der Waals surface area (Å²) in [5.41, 5.74) is 7.08. The number of nitrogens with one attached hydrogen (secondary N) is 1. The summed E-state index contributed by atoms with van der Waals surface area (Å²) >= 11 is 0. The molecule has 0 spiro atoms. The summed E-state index contributed by atoms with van der Waals surface area (Å²) in [5, 5.41) is 2.93. The van der Waals surface area contributed by atoms with Crippen molar-refractivity contribution in [3.63, 3.8) is 0 Å². The first-order chi connectivity index (χ1) is 10.6. The van der Waals surface area contributed by atoms with Crippen molar-refractivity contribution in [3.05, 3.63) is 12.1 Å². The van der Waals surface area contributed by atoms with Gasteiger partial charge in [-0.1, -0.05) is 39.0 Å². The van der Waals surface area contributed by atoms with Crippen LogP contribution in [-0.2, 0) is 4.79 Å². The van der Waals surface area contributed by atoms with Crippen molar-refractivity contribution in [3.8, 4) is 11.5 Å². The Morgan fingerprint density at radius 3 is 2.68 bits per heavy atom. The van der Waals surface area contributed by atoms with E-state index in [1.54, 1.807) is 12.1 Å². The normalized spacial score (nSPS) is 19.0. The highest BCUT2D eigenvalue weighted by Gasteiger charge is 2.22.